The Morgan fingerprint density at radius 2 is 2.04 bits per heavy atom. The molecule has 3 rings (SSSR count). The summed E-state index contributed by atoms with van der Waals surface area (Å²) in [4.78, 5) is 17.4. The van der Waals surface area contributed by atoms with Crippen LogP contribution in [-0.2, 0) is 11.3 Å². The van der Waals surface area contributed by atoms with Gasteiger partial charge in [0.05, 0.1) is 0 Å². The Morgan fingerprint density at radius 3 is 2.77 bits per heavy atom. The Balaban J connectivity index is 1.69. The van der Waals surface area contributed by atoms with Gasteiger partial charge in [-0.1, -0.05) is 48.6 Å². The molecule has 136 valence electrons. The van der Waals surface area contributed by atoms with E-state index in [1.165, 1.54) is 11.1 Å². The highest BCUT2D eigenvalue weighted by Crippen LogP contribution is 2.40. The van der Waals surface area contributed by atoms with E-state index < -0.39 is 5.97 Å². The molecule has 4 nitrogen and oxygen atoms in total. The lowest BCUT2D eigenvalue weighted by molar-refractivity contribution is -0.136. The van der Waals surface area contributed by atoms with E-state index in [0.717, 1.165) is 25.9 Å². The first-order chi connectivity index (χ1) is 12.7. The van der Waals surface area contributed by atoms with Crippen molar-refractivity contribution in [2.75, 3.05) is 6.54 Å². The van der Waals surface area contributed by atoms with Crippen molar-refractivity contribution >= 4 is 5.97 Å². The third kappa shape index (κ3) is 5.02. The lowest BCUT2D eigenvalue weighted by Crippen LogP contribution is -2.25. The second-order valence-corrected chi connectivity index (χ2v) is 6.88. The number of pyridine rings is 1. The fourth-order valence-corrected chi connectivity index (χ4v) is 3.81. The first-order valence-electron chi connectivity index (χ1n) is 9.28. The van der Waals surface area contributed by atoms with Crippen molar-refractivity contribution in [3.8, 4) is 0 Å². The molecule has 2 heterocycles. The fourth-order valence-electron chi connectivity index (χ4n) is 3.81. The predicted octanol–water partition coefficient (Wildman–Crippen LogP) is 4.46. The van der Waals surface area contributed by atoms with Crippen LogP contribution in [0, 0.1) is 5.92 Å². The molecule has 0 unspecified atom stereocenters. The van der Waals surface area contributed by atoms with E-state index in [9.17, 15) is 4.79 Å². The standard InChI is InChI=1S/C22H26N2O2/c25-21(26)12-6-2-5-11-20-13-15-24(17-18-8-7-14-23-16-18)22(20)19-9-3-1-4-10-19/h1-5,7-10,14,16,20,22H,6,11-13,15,17H2,(H,25,26)/b5-2-/t20-,22-/m1/s1. The summed E-state index contributed by atoms with van der Waals surface area (Å²) in [6, 6.07) is 15.2. The van der Waals surface area contributed by atoms with Gasteiger partial charge in [-0.05, 0) is 48.9 Å². The Morgan fingerprint density at radius 1 is 1.19 bits per heavy atom. The van der Waals surface area contributed by atoms with Crippen LogP contribution in [0.15, 0.2) is 67.0 Å². The summed E-state index contributed by atoms with van der Waals surface area (Å²) >= 11 is 0. The summed E-state index contributed by atoms with van der Waals surface area (Å²) in [6.07, 6.45) is 10.9. The maximum Gasteiger partial charge on any atom is 0.303 e. The molecule has 26 heavy (non-hydrogen) atoms. The number of carboxylic acid groups (broad SMARTS) is 1. The van der Waals surface area contributed by atoms with Crippen LogP contribution in [0.25, 0.3) is 0 Å². The first kappa shape index (κ1) is 18.3. The summed E-state index contributed by atoms with van der Waals surface area (Å²) in [5.74, 6) is -0.185. The van der Waals surface area contributed by atoms with E-state index in [2.05, 4.69) is 52.4 Å². The molecule has 4 heteroatoms. The van der Waals surface area contributed by atoms with E-state index >= 15 is 0 Å². The quantitative estimate of drug-likeness (QED) is 0.714. The Kier molecular flexibility index (Phi) is 6.56. The summed E-state index contributed by atoms with van der Waals surface area (Å²) in [5.41, 5.74) is 2.60. The number of nitrogens with zero attached hydrogens (tertiary/aromatic N) is 2. The number of carbonyl (C=O) groups is 1. The van der Waals surface area contributed by atoms with E-state index in [-0.39, 0.29) is 6.42 Å². The number of aromatic nitrogens is 1. The van der Waals surface area contributed by atoms with Gasteiger partial charge in [0.15, 0.2) is 0 Å². The fraction of sp³-hybridized carbons (Fsp3) is 0.364. The van der Waals surface area contributed by atoms with Crippen molar-refractivity contribution < 1.29 is 9.90 Å². The van der Waals surface area contributed by atoms with E-state index in [4.69, 9.17) is 5.11 Å². The van der Waals surface area contributed by atoms with Gasteiger partial charge in [0.2, 0.25) is 0 Å². The van der Waals surface area contributed by atoms with Gasteiger partial charge >= 0.3 is 5.97 Å². The van der Waals surface area contributed by atoms with Crippen molar-refractivity contribution in [1.29, 1.82) is 0 Å². The lowest BCUT2D eigenvalue weighted by atomic mass is 9.90. The number of benzene rings is 1. The Labute approximate surface area is 155 Å². The van der Waals surface area contributed by atoms with Crippen LogP contribution in [0.5, 0.6) is 0 Å². The SMILES string of the molecule is O=C(O)CC/C=C\C[C@@H]1CCN(Cc2cccnc2)[C@@H]1c1ccccc1. The molecule has 2 aromatic rings. The topological polar surface area (TPSA) is 53.4 Å². The minimum absolute atomic E-state index is 0.205. The van der Waals surface area contributed by atoms with E-state index in [1.807, 2.05) is 24.5 Å². The number of likely N-dealkylation sites (tertiary alicyclic amines) is 1. The molecule has 0 amide bonds. The lowest BCUT2D eigenvalue weighted by Gasteiger charge is -2.28. The van der Waals surface area contributed by atoms with E-state index in [1.54, 1.807) is 0 Å². The molecule has 1 aliphatic rings. The molecule has 2 atom stereocenters. The molecule has 1 aromatic heterocycles. The van der Waals surface area contributed by atoms with Crippen LogP contribution in [0.1, 0.15) is 42.9 Å². The zero-order chi connectivity index (χ0) is 18.2. The molecule has 1 N–H and O–H groups in total. The molecule has 1 aromatic carbocycles. The van der Waals surface area contributed by atoms with Gasteiger partial charge in [0.1, 0.15) is 0 Å². The molecule has 0 radical (unpaired) electrons. The van der Waals surface area contributed by atoms with Gasteiger partial charge in [0, 0.05) is 31.4 Å². The summed E-state index contributed by atoms with van der Waals surface area (Å²) in [7, 11) is 0. The summed E-state index contributed by atoms with van der Waals surface area (Å²) < 4.78 is 0. The Hall–Kier alpha value is -2.46. The third-order valence-electron chi connectivity index (χ3n) is 5.01. The van der Waals surface area contributed by atoms with Crippen LogP contribution in [0.4, 0.5) is 0 Å². The highest BCUT2D eigenvalue weighted by atomic mass is 16.4. The Bertz CT molecular complexity index is 715. The van der Waals surface area contributed by atoms with Crippen LogP contribution in [-0.4, -0.2) is 27.5 Å². The second kappa shape index (κ2) is 9.30. The van der Waals surface area contributed by atoms with Crippen LogP contribution < -0.4 is 0 Å². The monoisotopic (exact) mass is 350 g/mol. The van der Waals surface area contributed by atoms with Gasteiger partial charge in [-0.2, -0.15) is 0 Å². The average molecular weight is 350 g/mol. The first-order valence-corrected chi connectivity index (χ1v) is 9.28. The smallest absolute Gasteiger partial charge is 0.303 e. The van der Waals surface area contributed by atoms with Crippen molar-refractivity contribution in [2.24, 2.45) is 5.92 Å². The molecular weight excluding hydrogens is 324 g/mol. The third-order valence-corrected chi connectivity index (χ3v) is 5.01. The summed E-state index contributed by atoms with van der Waals surface area (Å²) in [5, 5.41) is 8.74. The van der Waals surface area contributed by atoms with Crippen molar-refractivity contribution in [2.45, 2.75) is 38.3 Å². The zero-order valence-electron chi connectivity index (χ0n) is 15.0. The maximum atomic E-state index is 10.6. The van der Waals surface area contributed by atoms with E-state index in [0.29, 0.717) is 18.4 Å². The van der Waals surface area contributed by atoms with Crippen molar-refractivity contribution in [1.82, 2.24) is 9.88 Å². The number of hydrogen-bond donors (Lipinski definition) is 1. The number of rotatable bonds is 8. The molecular formula is C22H26N2O2. The van der Waals surface area contributed by atoms with Crippen LogP contribution >= 0.6 is 0 Å². The molecule has 0 aliphatic carbocycles. The second-order valence-electron chi connectivity index (χ2n) is 6.88. The largest absolute Gasteiger partial charge is 0.481 e. The molecule has 0 saturated carbocycles. The predicted molar refractivity (Wildman–Crippen MR) is 103 cm³/mol. The average Bonchev–Trinajstić information content (AvgIpc) is 3.05. The highest BCUT2D eigenvalue weighted by molar-refractivity contribution is 5.66. The number of aliphatic carboxylic acids is 1. The van der Waals surface area contributed by atoms with Gasteiger partial charge in [-0.3, -0.25) is 14.7 Å². The molecule has 1 saturated heterocycles. The zero-order valence-corrected chi connectivity index (χ0v) is 15.0. The number of hydrogen-bond acceptors (Lipinski definition) is 3. The van der Waals surface area contributed by atoms with Gasteiger partial charge < -0.3 is 5.11 Å². The van der Waals surface area contributed by atoms with Gasteiger partial charge in [-0.15, -0.1) is 0 Å². The number of carboxylic acids is 1. The minimum atomic E-state index is -0.736. The highest BCUT2D eigenvalue weighted by Gasteiger charge is 2.34. The minimum Gasteiger partial charge on any atom is -0.481 e. The van der Waals surface area contributed by atoms with Crippen molar-refractivity contribution in [3.63, 3.8) is 0 Å². The van der Waals surface area contributed by atoms with Crippen LogP contribution in [0.3, 0.4) is 0 Å². The normalized spacial score (nSPS) is 20.6. The van der Waals surface area contributed by atoms with Crippen molar-refractivity contribution in [3.05, 3.63) is 78.1 Å². The van der Waals surface area contributed by atoms with Gasteiger partial charge in [0.25, 0.3) is 0 Å². The molecule has 0 spiro atoms. The van der Waals surface area contributed by atoms with Crippen LogP contribution in [0.2, 0.25) is 0 Å². The molecule has 0 bridgehead atoms. The summed E-state index contributed by atoms with van der Waals surface area (Å²) in [6.45, 7) is 1.98. The number of allylic oxidation sites excluding steroid dienone is 2. The maximum absolute atomic E-state index is 10.6. The molecule has 1 fully saturated rings. The van der Waals surface area contributed by atoms with Gasteiger partial charge in [-0.25, -0.2) is 0 Å². The molecule has 1 aliphatic heterocycles.